The molecule has 1 aliphatic heterocycles. The molecule has 1 fully saturated rings. The van der Waals surface area contributed by atoms with E-state index in [-0.39, 0.29) is 30.1 Å². The molecule has 1 amide bonds. The van der Waals surface area contributed by atoms with Crippen molar-refractivity contribution in [1.29, 1.82) is 0 Å². The number of hydrogen-bond donors (Lipinski definition) is 1. The third-order valence-corrected chi connectivity index (χ3v) is 3.29. The molecular formula is C14H17FN2O4. The molecule has 0 bridgehead atoms. The molecule has 1 heterocycles. The van der Waals surface area contributed by atoms with Gasteiger partial charge < -0.3 is 20.1 Å². The third kappa shape index (κ3) is 3.69. The van der Waals surface area contributed by atoms with Gasteiger partial charge in [-0.05, 0) is 18.2 Å². The fourth-order valence-corrected chi connectivity index (χ4v) is 2.18. The number of halogens is 1. The molecule has 0 spiro atoms. The standard InChI is InChI=1S/C14H17FN2O4/c1-20-13(18)7-10-8-17(4-5-21-10)14(19)11-6-9(15)2-3-12(11)16/h2-3,6,10H,4-5,7-8,16H2,1H3. The summed E-state index contributed by atoms with van der Waals surface area (Å²) >= 11 is 0. The summed E-state index contributed by atoms with van der Waals surface area (Å²) in [5.41, 5.74) is 6.05. The van der Waals surface area contributed by atoms with Crippen LogP contribution in [-0.4, -0.2) is 49.7 Å². The van der Waals surface area contributed by atoms with Gasteiger partial charge >= 0.3 is 5.97 Å². The monoisotopic (exact) mass is 296 g/mol. The Kier molecular flexibility index (Phi) is 4.74. The van der Waals surface area contributed by atoms with E-state index in [1.54, 1.807) is 0 Å². The summed E-state index contributed by atoms with van der Waals surface area (Å²) in [5.74, 6) is -1.29. The van der Waals surface area contributed by atoms with Crippen LogP contribution in [0.3, 0.4) is 0 Å². The molecule has 2 N–H and O–H groups in total. The van der Waals surface area contributed by atoms with Crippen molar-refractivity contribution in [1.82, 2.24) is 4.90 Å². The summed E-state index contributed by atoms with van der Waals surface area (Å²) in [6.45, 7) is 0.916. The minimum absolute atomic E-state index is 0.0684. The van der Waals surface area contributed by atoms with Gasteiger partial charge in [-0.3, -0.25) is 9.59 Å². The first kappa shape index (κ1) is 15.2. The van der Waals surface area contributed by atoms with Gasteiger partial charge in [-0.15, -0.1) is 0 Å². The normalized spacial score (nSPS) is 18.4. The Morgan fingerprint density at radius 2 is 2.29 bits per heavy atom. The fraction of sp³-hybridized carbons (Fsp3) is 0.429. The Labute approximate surface area is 121 Å². The van der Waals surface area contributed by atoms with E-state index in [0.717, 1.165) is 6.07 Å². The van der Waals surface area contributed by atoms with Crippen LogP contribution in [0, 0.1) is 5.82 Å². The van der Waals surface area contributed by atoms with Gasteiger partial charge in [0.15, 0.2) is 0 Å². The molecule has 1 atom stereocenters. The van der Waals surface area contributed by atoms with Crippen molar-refractivity contribution in [2.24, 2.45) is 0 Å². The molecule has 1 saturated heterocycles. The van der Waals surface area contributed by atoms with Crippen LogP contribution in [0.4, 0.5) is 10.1 Å². The highest BCUT2D eigenvalue weighted by atomic mass is 19.1. The van der Waals surface area contributed by atoms with Gasteiger partial charge in [0.25, 0.3) is 5.91 Å². The number of benzene rings is 1. The number of nitrogens with two attached hydrogens (primary N) is 1. The van der Waals surface area contributed by atoms with Crippen molar-refractivity contribution in [2.75, 3.05) is 32.5 Å². The van der Waals surface area contributed by atoms with Gasteiger partial charge in [0.2, 0.25) is 0 Å². The molecule has 0 saturated carbocycles. The van der Waals surface area contributed by atoms with E-state index < -0.39 is 17.9 Å². The summed E-state index contributed by atoms with van der Waals surface area (Å²) in [7, 11) is 1.29. The quantitative estimate of drug-likeness (QED) is 0.659. The molecule has 21 heavy (non-hydrogen) atoms. The summed E-state index contributed by atoms with van der Waals surface area (Å²) in [5, 5.41) is 0. The summed E-state index contributed by atoms with van der Waals surface area (Å²) in [6, 6.07) is 3.67. The van der Waals surface area contributed by atoms with Crippen LogP contribution in [0.15, 0.2) is 18.2 Å². The number of rotatable bonds is 3. The molecule has 2 rings (SSSR count). The zero-order valence-electron chi connectivity index (χ0n) is 11.7. The van der Waals surface area contributed by atoms with E-state index in [9.17, 15) is 14.0 Å². The number of nitrogens with zero attached hydrogens (tertiary/aromatic N) is 1. The fourth-order valence-electron chi connectivity index (χ4n) is 2.18. The number of carbonyl (C=O) groups is 2. The molecular weight excluding hydrogens is 279 g/mol. The number of hydrogen-bond acceptors (Lipinski definition) is 5. The van der Waals surface area contributed by atoms with E-state index >= 15 is 0 Å². The SMILES string of the molecule is COC(=O)CC1CN(C(=O)c2cc(F)ccc2N)CCO1. The lowest BCUT2D eigenvalue weighted by Crippen LogP contribution is -2.46. The van der Waals surface area contributed by atoms with Gasteiger partial charge in [-0.25, -0.2) is 4.39 Å². The Morgan fingerprint density at radius 3 is 3.00 bits per heavy atom. The van der Waals surface area contributed by atoms with Crippen LogP contribution < -0.4 is 5.73 Å². The Morgan fingerprint density at radius 1 is 1.52 bits per heavy atom. The van der Waals surface area contributed by atoms with E-state index in [4.69, 9.17) is 10.5 Å². The number of amides is 1. The maximum atomic E-state index is 13.3. The lowest BCUT2D eigenvalue weighted by atomic mass is 10.1. The van der Waals surface area contributed by atoms with Crippen molar-refractivity contribution in [2.45, 2.75) is 12.5 Å². The molecule has 1 aromatic carbocycles. The van der Waals surface area contributed by atoms with E-state index in [2.05, 4.69) is 4.74 Å². The smallest absolute Gasteiger partial charge is 0.308 e. The van der Waals surface area contributed by atoms with Crippen LogP contribution in [0.25, 0.3) is 0 Å². The van der Waals surface area contributed by atoms with Crippen molar-refractivity contribution in [3.05, 3.63) is 29.6 Å². The predicted octanol–water partition coefficient (Wildman–Crippen LogP) is 0.812. The lowest BCUT2D eigenvalue weighted by molar-refractivity contribution is -0.145. The Balaban J connectivity index is 2.08. The van der Waals surface area contributed by atoms with Crippen molar-refractivity contribution < 1.29 is 23.5 Å². The van der Waals surface area contributed by atoms with Gasteiger partial charge in [-0.2, -0.15) is 0 Å². The second-order valence-corrected chi connectivity index (χ2v) is 4.76. The van der Waals surface area contributed by atoms with Gasteiger partial charge in [-0.1, -0.05) is 0 Å². The molecule has 7 heteroatoms. The van der Waals surface area contributed by atoms with Crippen molar-refractivity contribution >= 4 is 17.6 Å². The summed E-state index contributed by atoms with van der Waals surface area (Å²) < 4.78 is 23.3. The molecule has 1 aliphatic rings. The maximum absolute atomic E-state index is 13.3. The van der Waals surface area contributed by atoms with E-state index in [0.29, 0.717) is 13.2 Å². The second-order valence-electron chi connectivity index (χ2n) is 4.76. The van der Waals surface area contributed by atoms with Gasteiger partial charge in [0.1, 0.15) is 5.82 Å². The third-order valence-electron chi connectivity index (χ3n) is 3.29. The minimum atomic E-state index is -0.521. The Bertz CT molecular complexity index is 550. The number of ether oxygens (including phenoxy) is 2. The first-order valence-electron chi connectivity index (χ1n) is 6.54. The van der Waals surface area contributed by atoms with Crippen LogP contribution in [0.5, 0.6) is 0 Å². The van der Waals surface area contributed by atoms with Crippen LogP contribution >= 0.6 is 0 Å². The summed E-state index contributed by atoms with van der Waals surface area (Å²) in [4.78, 5) is 25.1. The first-order chi connectivity index (χ1) is 10.0. The lowest BCUT2D eigenvalue weighted by Gasteiger charge is -2.32. The molecule has 114 valence electrons. The average Bonchev–Trinajstić information content (AvgIpc) is 2.49. The molecule has 1 unspecified atom stereocenters. The number of methoxy groups -OCH3 is 1. The predicted molar refractivity (Wildman–Crippen MR) is 73.1 cm³/mol. The zero-order chi connectivity index (χ0) is 15.4. The van der Waals surface area contributed by atoms with E-state index in [1.807, 2.05) is 0 Å². The minimum Gasteiger partial charge on any atom is -0.469 e. The Hall–Kier alpha value is -2.15. The highest BCUT2D eigenvalue weighted by Gasteiger charge is 2.27. The van der Waals surface area contributed by atoms with Gasteiger partial charge in [0.05, 0.1) is 31.8 Å². The van der Waals surface area contributed by atoms with Crippen LogP contribution in [0.1, 0.15) is 16.8 Å². The average molecular weight is 296 g/mol. The molecule has 0 aliphatic carbocycles. The van der Waals surface area contributed by atoms with Crippen molar-refractivity contribution in [3.8, 4) is 0 Å². The highest BCUT2D eigenvalue weighted by molar-refractivity contribution is 5.99. The molecule has 6 nitrogen and oxygen atoms in total. The zero-order valence-corrected chi connectivity index (χ0v) is 11.7. The number of esters is 1. The number of carbonyl (C=O) groups excluding carboxylic acids is 2. The van der Waals surface area contributed by atoms with Gasteiger partial charge in [0, 0.05) is 18.8 Å². The molecule has 0 radical (unpaired) electrons. The van der Waals surface area contributed by atoms with Crippen molar-refractivity contribution in [3.63, 3.8) is 0 Å². The van der Waals surface area contributed by atoms with Crippen LogP contribution in [-0.2, 0) is 14.3 Å². The number of anilines is 1. The summed E-state index contributed by atoms with van der Waals surface area (Å²) in [6.07, 6.45) is -0.358. The molecule has 1 aromatic rings. The highest BCUT2D eigenvalue weighted by Crippen LogP contribution is 2.18. The largest absolute Gasteiger partial charge is 0.469 e. The number of morpholine rings is 1. The number of nitrogen functional groups attached to an aromatic ring is 1. The molecule has 0 aromatic heterocycles. The van der Waals surface area contributed by atoms with Crippen LogP contribution in [0.2, 0.25) is 0 Å². The first-order valence-corrected chi connectivity index (χ1v) is 6.54. The second kappa shape index (κ2) is 6.53. The topological polar surface area (TPSA) is 81.9 Å². The van der Waals surface area contributed by atoms with E-state index in [1.165, 1.54) is 24.1 Å². The maximum Gasteiger partial charge on any atom is 0.308 e.